The molecule has 3 fully saturated rings. The van der Waals surface area contributed by atoms with Gasteiger partial charge in [-0.3, -0.25) is 14.5 Å². The van der Waals surface area contributed by atoms with Gasteiger partial charge in [-0.15, -0.1) is 0 Å². The van der Waals surface area contributed by atoms with E-state index < -0.39 is 0 Å². The first-order valence-corrected chi connectivity index (χ1v) is 12.1. The standard InChI is InChI=1S/C26H31N3O3/c30-15-21-20-14-28-22(12-11-19(26(28)32)17-5-2-1-3-6-17)23(20)29(13-16-9-10-16)24(21)25(31)27-18-7-4-8-18/h1-3,5-6,11-12,16,18,20-21,23-24,30H,4,7-10,13-15H2,(H,27,31)/t20-,21-,23+,24-/m0/s1. The predicted octanol–water partition coefficient (Wildman–Crippen LogP) is 2.56. The van der Waals surface area contributed by atoms with Crippen LogP contribution in [0.25, 0.3) is 11.1 Å². The topological polar surface area (TPSA) is 74.6 Å². The minimum Gasteiger partial charge on any atom is -0.396 e. The van der Waals surface area contributed by atoms with Crippen LogP contribution in [0.1, 0.15) is 43.8 Å². The van der Waals surface area contributed by atoms with Gasteiger partial charge in [0.2, 0.25) is 5.91 Å². The number of hydrogen-bond acceptors (Lipinski definition) is 4. The average molecular weight is 434 g/mol. The van der Waals surface area contributed by atoms with Gasteiger partial charge in [0.05, 0.1) is 12.1 Å². The molecule has 0 radical (unpaired) electrons. The number of likely N-dealkylation sites (tertiary alicyclic amines) is 1. The van der Waals surface area contributed by atoms with Crippen LogP contribution in [-0.4, -0.2) is 45.7 Å². The highest BCUT2D eigenvalue weighted by atomic mass is 16.3. The maximum atomic E-state index is 13.4. The highest BCUT2D eigenvalue weighted by Crippen LogP contribution is 2.51. The molecule has 0 spiro atoms. The molecular formula is C26H31N3O3. The molecule has 1 aromatic carbocycles. The number of aromatic nitrogens is 1. The Hall–Kier alpha value is -2.44. The SMILES string of the molecule is O=C(NC1CCC1)[C@@H]1[C@@H](CO)[C@@H]2Cn3c(ccc(-c4ccccc4)c3=O)[C@@H]2N1CC1CC1. The Balaban J connectivity index is 1.37. The van der Waals surface area contributed by atoms with Crippen LogP contribution in [0.3, 0.4) is 0 Å². The second-order valence-corrected chi connectivity index (χ2v) is 10.1. The number of pyridine rings is 1. The maximum Gasteiger partial charge on any atom is 0.258 e. The Bertz CT molecular complexity index is 1070. The Kier molecular flexibility index (Phi) is 4.95. The van der Waals surface area contributed by atoms with Crippen molar-refractivity contribution in [3.63, 3.8) is 0 Å². The lowest BCUT2D eigenvalue weighted by atomic mass is 9.87. The fraction of sp³-hybridized carbons (Fsp3) is 0.538. The third kappa shape index (κ3) is 3.23. The van der Waals surface area contributed by atoms with Crippen molar-refractivity contribution < 1.29 is 9.90 Å². The molecule has 2 aliphatic carbocycles. The van der Waals surface area contributed by atoms with E-state index in [-0.39, 0.29) is 48.0 Å². The van der Waals surface area contributed by atoms with Crippen molar-refractivity contribution in [3.05, 3.63) is 58.5 Å². The van der Waals surface area contributed by atoms with Crippen molar-refractivity contribution in [1.29, 1.82) is 0 Å². The fourth-order valence-corrected chi connectivity index (χ4v) is 6.09. The minimum atomic E-state index is -0.311. The van der Waals surface area contributed by atoms with Crippen molar-refractivity contribution in [1.82, 2.24) is 14.8 Å². The van der Waals surface area contributed by atoms with E-state index in [0.29, 0.717) is 18.0 Å². The molecule has 4 atom stereocenters. The van der Waals surface area contributed by atoms with Crippen molar-refractivity contribution in [3.8, 4) is 11.1 Å². The van der Waals surface area contributed by atoms with Gasteiger partial charge in [-0.05, 0) is 55.7 Å². The Morgan fingerprint density at radius 3 is 2.50 bits per heavy atom. The van der Waals surface area contributed by atoms with E-state index in [1.807, 2.05) is 41.0 Å². The van der Waals surface area contributed by atoms with Crippen LogP contribution in [0.4, 0.5) is 0 Å². The van der Waals surface area contributed by atoms with Crippen LogP contribution < -0.4 is 10.9 Å². The van der Waals surface area contributed by atoms with Crippen LogP contribution >= 0.6 is 0 Å². The summed E-state index contributed by atoms with van der Waals surface area (Å²) in [4.78, 5) is 29.1. The van der Waals surface area contributed by atoms with Gasteiger partial charge in [0.1, 0.15) is 0 Å². The lowest BCUT2D eigenvalue weighted by Crippen LogP contribution is -2.52. The van der Waals surface area contributed by atoms with Crippen molar-refractivity contribution >= 4 is 5.91 Å². The molecule has 6 rings (SSSR count). The Morgan fingerprint density at radius 1 is 1.06 bits per heavy atom. The molecule has 32 heavy (non-hydrogen) atoms. The van der Waals surface area contributed by atoms with E-state index in [1.165, 1.54) is 19.3 Å². The first-order valence-electron chi connectivity index (χ1n) is 12.1. The van der Waals surface area contributed by atoms with E-state index in [2.05, 4.69) is 16.3 Å². The number of carbonyl (C=O) groups excluding carboxylic acids is 1. The van der Waals surface area contributed by atoms with Gasteiger partial charge in [-0.25, -0.2) is 0 Å². The summed E-state index contributed by atoms with van der Waals surface area (Å²) in [7, 11) is 0. The molecule has 0 unspecified atom stereocenters. The third-order valence-corrected chi connectivity index (χ3v) is 8.16. The number of fused-ring (bicyclic) bond motifs is 3. The van der Waals surface area contributed by atoms with Gasteiger partial charge < -0.3 is 15.0 Å². The first kappa shape index (κ1) is 20.2. The van der Waals surface area contributed by atoms with Gasteiger partial charge in [0.25, 0.3) is 5.56 Å². The fourth-order valence-electron chi connectivity index (χ4n) is 6.09. The molecule has 2 aromatic rings. The van der Waals surface area contributed by atoms with Gasteiger partial charge >= 0.3 is 0 Å². The van der Waals surface area contributed by atoms with E-state index in [1.54, 1.807) is 0 Å². The monoisotopic (exact) mass is 433 g/mol. The molecule has 4 aliphatic rings. The number of aliphatic hydroxyl groups is 1. The molecule has 1 saturated heterocycles. The Morgan fingerprint density at radius 2 is 1.84 bits per heavy atom. The number of nitrogens with one attached hydrogen (secondary N) is 1. The minimum absolute atomic E-state index is 0.0161. The first-order chi connectivity index (χ1) is 15.7. The maximum absolute atomic E-state index is 13.4. The highest BCUT2D eigenvalue weighted by molar-refractivity contribution is 5.83. The molecule has 1 amide bonds. The summed E-state index contributed by atoms with van der Waals surface area (Å²) in [5, 5.41) is 13.6. The van der Waals surface area contributed by atoms with E-state index in [9.17, 15) is 14.7 Å². The summed E-state index contributed by atoms with van der Waals surface area (Å²) in [6, 6.07) is 13.8. The van der Waals surface area contributed by atoms with Crippen LogP contribution in [0, 0.1) is 17.8 Å². The molecule has 6 heteroatoms. The number of nitrogens with zero attached hydrogens (tertiary/aromatic N) is 2. The van der Waals surface area contributed by atoms with Crippen molar-refractivity contribution in [2.45, 2.75) is 56.8 Å². The molecule has 0 bridgehead atoms. The summed E-state index contributed by atoms with van der Waals surface area (Å²) in [5.41, 5.74) is 2.67. The molecule has 2 aliphatic heterocycles. The largest absolute Gasteiger partial charge is 0.396 e. The summed E-state index contributed by atoms with van der Waals surface area (Å²) < 4.78 is 1.90. The van der Waals surface area contributed by atoms with Crippen LogP contribution in [0.5, 0.6) is 0 Å². The van der Waals surface area contributed by atoms with E-state index >= 15 is 0 Å². The van der Waals surface area contributed by atoms with Crippen LogP contribution in [0.2, 0.25) is 0 Å². The molecule has 2 saturated carbocycles. The second-order valence-electron chi connectivity index (χ2n) is 10.1. The van der Waals surface area contributed by atoms with Gasteiger partial charge in [0, 0.05) is 48.8 Å². The van der Waals surface area contributed by atoms with Crippen LogP contribution in [0.15, 0.2) is 47.3 Å². The Labute approximate surface area is 188 Å². The molecule has 168 valence electrons. The van der Waals surface area contributed by atoms with Gasteiger partial charge in [-0.1, -0.05) is 30.3 Å². The number of hydrogen-bond donors (Lipinski definition) is 2. The number of aliphatic hydroxyl groups excluding tert-OH is 1. The number of rotatable bonds is 6. The summed E-state index contributed by atoms with van der Waals surface area (Å²) in [5.74, 6) is 0.614. The number of benzene rings is 1. The van der Waals surface area contributed by atoms with Crippen molar-refractivity contribution in [2.75, 3.05) is 13.2 Å². The molecule has 1 aromatic heterocycles. The number of amides is 1. The smallest absolute Gasteiger partial charge is 0.258 e. The molecular weight excluding hydrogens is 402 g/mol. The van der Waals surface area contributed by atoms with Crippen molar-refractivity contribution in [2.24, 2.45) is 17.8 Å². The molecule has 3 heterocycles. The normalized spacial score (nSPS) is 29.4. The van der Waals surface area contributed by atoms with E-state index in [4.69, 9.17) is 0 Å². The lowest BCUT2D eigenvalue weighted by molar-refractivity contribution is -0.129. The lowest BCUT2D eigenvalue weighted by Gasteiger charge is -2.34. The summed E-state index contributed by atoms with van der Waals surface area (Å²) in [6.45, 7) is 1.41. The zero-order valence-corrected chi connectivity index (χ0v) is 18.3. The number of carbonyl (C=O) groups is 1. The molecule has 6 nitrogen and oxygen atoms in total. The van der Waals surface area contributed by atoms with Gasteiger partial charge in [0.15, 0.2) is 0 Å². The average Bonchev–Trinajstić information content (AvgIpc) is 3.43. The predicted molar refractivity (Wildman–Crippen MR) is 122 cm³/mol. The highest BCUT2D eigenvalue weighted by Gasteiger charge is 2.56. The van der Waals surface area contributed by atoms with Gasteiger partial charge in [-0.2, -0.15) is 0 Å². The van der Waals surface area contributed by atoms with E-state index in [0.717, 1.165) is 30.6 Å². The third-order valence-electron chi connectivity index (χ3n) is 8.16. The zero-order chi connectivity index (χ0) is 21.8. The quantitative estimate of drug-likeness (QED) is 0.734. The molecule has 2 N–H and O–H groups in total. The summed E-state index contributed by atoms with van der Waals surface area (Å²) >= 11 is 0. The summed E-state index contributed by atoms with van der Waals surface area (Å²) in [6.07, 6.45) is 5.69. The van der Waals surface area contributed by atoms with Crippen LogP contribution in [-0.2, 0) is 11.3 Å². The zero-order valence-electron chi connectivity index (χ0n) is 18.3. The second kappa shape index (κ2) is 7.85.